The number of carbonyl (C=O) groups excluding carboxylic acids is 4. The maximum atomic E-state index is 13.1. The molecule has 2 rings (SSSR count). The summed E-state index contributed by atoms with van der Waals surface area (Å²) >= 11 is 1.47. The number of thiazole rings is 1. The fourth-order valence-electron chi connectivity index (χ4n) is 5.32. The van der Waals surface area contributed by atoms with Gasteiger partial charge >= 0.3 is 5.97 Å². The van der Waals surface area contributed by atoms with E-state index in [1.54, 1.807) is 5.38 Å². The van der Waals surface area contributed by atoms with Crippen molar-refractivity contribution in [3.8, 4) is 0 Å². The lowest BCUT2D eigenvalue weighted by Crippen LogP contribution is -2.40. The minimum atomic E-state index is -0.338. The molecule has 0 saturated heterocycles. The van der Waals surface area contributed by atoms with E-state index in [4.69, 9.17) is 10.5 Å². The number of carbonyl (C=O) groups is 4. The molecule has 0 spiro atoms. The zero-order chi connectivity index (χ0) is 37.2. The van der Waals surface area contributed by atoms with Crippen LogP contribution >= 0.6 is 11.3 Å². The van der Waals surface area contributed by atoms with Crippen LogP contribution in [0.1, 0.15) is 120 Å². The maximum absolute atomic E-state index is 13.1. The summed E-state index contributed by atoms with van der Waals surface area (Å²) in [6, 6.07) is 9.79. The molecule has 4 N–H and O–H groups in total. The number of unbranched alkanes of at least 4 members (excludes halogenated alkanes) is 3. The van der Waals surface area contributed by atoms with Crippen LogP contribution in [0.15, 0.2) is 35.7 Å². The highest BCUT2D eigenvalue weighted by atomic mass is 32.1. The number of amides is 3. The van der Waals surface area contributed by atoms with Gasteiger partial charge in [0.2, 0.25) is 11.8 Å². The number of methoxy groups -OCH3 is 1. The van der Waals surface area contributed by atoms with Crippen LogP contribution in [0.3, 0.4) is 0 Å². The molecule has 0 radical (unpaired) electrons. The average Bonchev–Trinajstić information content (AvgIpc) is 3.57. The SMILES string of the molecule is CC.CCCCC(=O)N(C)C(CCc1nc(C(=O)NC(Cc2ccccc2)CC(C)C(=O)OC)cs1)C(C)C.CNCCCCCC(N)=O. The van der Waals surface area contributed by atoms with Crippen LogP contribution in [0.2, 0.25) is 0 Å². The predicted octanol–water partition coefficient (Wildman–Crippen LogP) is 6.57. The fourth-order valence-corrected chi connectivity index (χ4v) is 6.11. The smallest absolute Gasteiger partial charge is 0.308 e. The minimum absolute atomic E-state index is 0.126. The normalized spacial score (nSPS) is 12.4. The van der Waals surface area contributed by atoms with E-state index < -0.39 is 0 Å². The Kier molecular flexibility index (Phi) is 25.6. The highest BCUT2D eigenvalue weighted by Gasteiger charge is 2.25. The average molecular weight is 704 g/mol. The molecule has 1 aromatic carbocycles. The molecular weight excluding hydrogens is 639 g/mol. The molecule has 1 aromatic heterocycles. The molecule has 2 aromatic rings. The molecule has 3 atom stereocenters. The van der Waals surface area contributed by atoms with Crippen molar-refractivity contribution in [3.63, 3.8) is 0 Å². The van der Waals surface area contributed by atoms with Gasteiger partial charge in [0.25, 0.3) is 5.91 Å². The summed E-state index contributed by atoms with van der Waals surface area (Å²) in [4.78, 5) is 54.4. The monoisotopic (exact) mass is 703 g/mol. The van der Waals surface area contributed by atoms with E-state index >= 15 is 0 Å². The molecule has 10 nitrogen and oxygen atoms in total. The number of hydrogen-bond acceptors (Lipinski definition) is 8. The summed E-state index contributed by atoms with van der Waals surface area (Å²) in [7, 11) is 5.20. The number of aromatic nitrogens is 1. The van der Waals surface area contributed by atoms with E-state index in [0.717, 1.165) is 55.6 Å². The molecule has 3 amide bonds. The third-order valence-corrected chi connectivity index (χ3v) is 9.00. The van der Waals surface area contributed by atoms with E-state index in [1.807, 2.05) is 70.1 Å². The Bertz CT molecular complexity index is 1190. The summed E-state index contributed by atoms with van der Waals surface area (Å²) < 4.78 is 4.88. The van der Waals surface area contributed by atoms with Crippen LogP contribution in [0.5, 0.6) is 0 Å². The lowest BCUT2D eigenvalue weighted by Gasteiger charge is -2.31. The molecule has 0 aliphatic heterocycles. The molecule has 0 bridgehead atoms. The molecule has 49 heavy (non-hydrogen) atoms. The maximum Gasteiger partial charge on any atom is 0.308 e. The van der Waals surface area contributed by atoms with E-state index in [-0.39, 0.29) is 41.7 Å². The summed E-state index contributed by atoms with van der Waals surface area (Å²) in [6.07, 6.45) is 8.75. The van der Waals surface area contributed by atoms with Crippen molar-refractivity contribution in [2.45, 2.75) is 124 Å². The Morgan fingerprint density at radius 3 is 2.24 bits per heavy atom. The lowest BCUT2D eigenvalue weighted by molar-refractivity contribution is -0.145. The molecule has 3 unspecified atom stereocenters. The number of ether oxygens (including phenoxy) is 1. The van der Waals surface area contributed by atoms with E-state index in [2.05, 4.69) is 36.4 Å². The van der Waals surface area contributed by atoms with E-state index in [9.17, 15) is 19.2 Å². The largest absolute Gasteiger partial charge is 0.469 e. The first-order valence-corrected chi connectivity index (χ1v) is 18.9. The highest BCUT2D eigenvalue weighted by Crippen LogP contribution is 2.21. The van der Waals surface area contributed by atoms with Gasteiger partial charge in [-0.25, -0.2) is 4.98 Å². The van der Waals surface area contributed by atoms with Gasteiger partial charge in [0.05, 0.1) is 18.0 Å². The number of benzene rings is 1. The standard InChI is InChI=1S/C29H43N3O4S.C7H16N2O.C2H6/c1-7-8-14-27(33)32(5)25(20(2)3)15-16-26-31-24(19-37-26)28(34)30-23(17-21(4)29(35)36-6)18-22-12-10-9-11-13-22;1-9-6-4-2-3-5-7(8)10;1-2/h9-13,19-21,23,25H,7-8,14-18H2,1-6H3,(H,30,34);9H,2-6H2,1H3,(H2,8,10);1-2H3. The number of primary amides is 1. The third kappa shape index (κ3) is 20.1. The van der Waals surface area contributed by atoms with E-state index in [1.165, 1.54) is 18.4 Å². The quantitative estimate of drug-likeness (QED) is 0.0986. The number of nitrogens with two attached hydrogens (primary N) is 1. The van der Waals surface area contributed by atoms with Gasteiger partial charge in [-0.2, -0.15) is 0 Å². The van der Waals surface area contributed by atoms with Crippen LogP contribution in [0.4, 0.5) is 0 Å². The number of aryl methyl sites for hydroxylation is 1. The first-order valence-electron chi connectivity index (χ1n) is 18.0. The van der Waals surface area contributed by atoms with Crippen LogP contribution in [-0.4, -0.2) is 73.4 Å². The van der Waals surface area contributed by atoms with Gasteiger partial charge in [-0.3, -0.25) is 19.2 Å². The summed E-state index contributed by atoms with van der Waals surface area (Å²) in [6.45, 7) is 13.2. The Hall–Kier alpha value is -3.31. The summed E-state index contributed by atoms with van der Waals surface area (Å²) in [5.74, 6) is -0.549. The molecular formula is C38H65N5O5S. The Balaban J connectivity index is 0.00000164. The third-order valence-electron chi connectivity index (χ3n) is 8.09. The van der Waals surface area contributed by atoms with Crippen LogP contribution in [0, 0.1) is 11.8 Å². The molecule has 0 aliphatic rings. The zero-order valence-corrected chi connectivity index (χ0v) is 32.5. The van der Waals surface area contributed by atoms with Crippen molar-refractivity contribution in [1.82, 2.24) is 20.5 Å². The van der Waals surface area contributed by atoms with Crippen molar-refractivity contribution in [2.24, 2.45) is 17.6 Å². The number of nitrogens with one attached hydrogen (secondary N) is 2. The molecule has 0 saturated carbocycles. The minimum Gasteiger partial charge on any atom is -0.469 e. The van der Waals surface area contributed by atoms with Crippen LogP contribution in [-0.2, 0) is 32.0 Å². The Morgan fingerprint density at radius 1 is 1.00 bits per heavy atom. The van der Waals surface area contributed by atoms with Gasteiger partial charge in [0.15, 0.2) is 0 Å². The number of hydrogen-bond donors (Lipinski definition) is 3. The Labute approximate surface area is 300 Å². The van der Waals surface area contributed by atoms with Gasteiger partial charge in [-0.1, -0.05) is 84.7 Å². The van der Waals surface area contributed by atoms with Crippen molar-refractivity contribution in [1.29, 1.82) is 0 Å². The van der Waals surface area contributed by atoms with Gasteiger partial charge < -0.3 is 26.0 Å². The van der Waals surface area contributed by atoms with Crippen LogP contribution in [0.25, 0.3) is 0 Å². The van der Waals surface area contributed by atoms with Crippen molar-refractivity contribution >= 4 is 35.0 Å². The first kappa shape index (κ1) is 45.7. The summed E-state index contributed by atoms with van der Waals surface area (Å²) in [5, 5.41) is 8.79. The Morgan fingerprint density at radius 2 is 1.67 bits per heavy atom. The second-order valence-electron chi connectivity index (χ2n) is 12.5. The van der Waals surface area contributed by atoms with Gasteiger partial charge in [0.1, 0.15) is 5.69 Å². The second-order valence-corrected chi connectivity index (χ2v) is 13.4. The predicted molar refractivity (Wildman–Crippen MR) is 201 cm³/mol. The first-order chi connectivity index (χ1) is 23.4. The van der Waals surface area contributed by atoms with Gasteiger partial charge in [-0.15, -0.1) is 11.3 Å². The molecule has 11 heteroatoms. The number of nitrogens with zero attached hydrogens (tertiary/aromatic N) is 2. The van der Waals surface area contributed by atoms with Gasteiger partial charge in [0, 0.05) is 43.8 Å². The van der Waals surface area contributed by atoms with Crippen molar-refractivity contribution in [2.75, 3.05) is 27.7 Å². The fraction of sp³-hybridized carbons (Fsp3) is 0.658. The van der Waals surface area contributed by atoms with E-state index in [0.29, 0.717) is 43.7 Å². The summed E-state index contributed by atoms with van der Waals surface area (Å²) in [5.41, 5.74) is 6.42. The highest BCUT2D eigenvalue weighted by molar-refractivity contribution is 7.09. The lowest BCUT2D eigenvalue weighted by atomic mass is 9.96. The molecule has 278 valence electrons. The molecule has 1 heterocycles. The van der Waals surface area contributed by atoms with Crippen molar-refractivity contribution in [3.05, 3.63) is 52.0 Å². The molecule has 0 fully saturated rings. The molecule has 0 aliphatic carbocycles. The van der Waals surface area contributed by atoms with Crippen molar-refractivity contribution < 1.29 is 23.9 Å². The topological polar surface area (TPSA) is 144 Å². The van der Waals surface area contributed by atoms with Crippen LogP contribution < -0.4 is 16.4 Å². The number of esters is 1. The number of rotatable bonds is 21. The second kappa shape index (κ2) is 27.5. The zero-order valence-electron chi connectivity index (χ0n) is 31.7. The van der Waals surface area contributed by atoms with Gasteiger partial charge in [-0.05, 0) is 63.6 Å².